The highest BCUT2D eigenvalue weighted by molar-refractivity contribution is 5.68. The van der Waals surface area contributed by atoms with Crippen LogP contribution in [0, 0.1) is 18.7 Å². The number of carboxylic acid groups (broad SMARTS) is 1. The van der Waals surface area contributed by atoms with Crippen LogP contribution in [-0.2, 0) is 11.4 Å². The molecule has 37 heavy (non-hydrogen) atoms. The molecule has 1 heterocycles. The Kier molecular flexibility index (Phi) is 7.94. The number of rotatable bonds is 11. The van der Waals surface area contributed by atoms with Crippen LogP contribution in [0.15, 0.2) is 48.7 Å². The quantitative estimate of drug-likeness (QED) is 0.293. The summed E-state index contributed by atoms with van der Waals surface area (Å²) in [5.74, 6) is -0.960. The number of benzene rings is 2. The maximum Gasteiger partial charge on any atom is 0.392 e. The number of aromatic nitrogens is 2. The van der Waals surface area contributed by atoms with Gasteiger partial charge in [-0.2, -0.15) is 13.2 Å². The molecule has 1 fully saturated rings. The zero-order valence-corrected chi connectivity index (χ0v) is 20.1. The third kappa shape index (κ3) is 7.41. The van der Waals surface area contributed by atoms with Gasteiger partial charge in [-0.25, -0.2) is 14.4 Å². The summed E-state index contributed by atoms with van der Waals surface area (Å²) in [4.78, 5) is 19.8. The van der Waals surface area contributed by atoms with E-state index in [0.29, 0.717) is 11.7 Å². The molecule has 1 aromatic heterocycles. The first-order valence-electron chi connectivity index (χ1n) is 11.9. The van der Waals surface area contributed by atoms with Crippen LogP contribution in [0.1, 0.15) is 48.4 Å². The Morgan fingerprint density at radius 2 is 1.95 bits per heavy atom. The van der Waals surface area contributed by atoms with E-state index in [1.807, 2.05) is 6.07 Å². The number of hydrogen-bond donors (Lipinski definition) is 1. The first-order chi connectivity index (χ1) is 17.6. The third-order valence-corrected chi connectivity index (χ3v) is 6.05. The van der Waals surface area contributed by atoms with Crippen LogP contribution in [-0.4, -0.2) is 33.8 Å². The van der Waals surface area contributed by atoms with Gasteiger partial charge in [0, 0.05) is 5.56 Å². The molecule has 0 radical (unpaired) electrons. The molecular formula is C27H26F4N2O4. The zero-order valence-electron chi connectivity index (χ0n) is 20.1. The highest BCUT2D eigenvalue weighted by Gasteiger charge is 2.34. The van der Waals surface area contributed by atoms with Crippen molar-refractivity contribution in [1.82, 2.24) is 9.97 Å². The van der Waals surface area contributed by atoms with Gasteiger partial charge in [-0.3, -0.25) is 4.79 Å². The van der Waals surface area contributed by atoms with Crippen LogP contribution in [0.4, 0.5) is 17.6 Å². The van der Waals surface area contributed by atoms with Crippen molar-refractivity contribution in [3.05, 3.63) is 71.3 Å². The van der Waals surface area contributed by atoms with Gasteiger partial charge in [0.05, 0.1) is 25.6 Å². The SMILES string of the molecule is Cc1ccc(F)c(-c2ncc(COc3cccc([C@@H](CC(=O)O)C4CC4)c3)nc2OCCC(F)(F)F)c1. The number of carbonyl (C=O) groups is 1. The molecule has 196 valence electrons. The fourth-order valence-electron chi connectivity index (χ4n) is 4.08. The summed E-state index contributed by atoms with van der Waals surface area (Å²) in [6, 6.07) is 11.5. The number of halogens is 4. The van der Waals surface area contributed by atoms with Crippen LogP contribution < -0.4 is 9.47 Å². The summed E-state index contributed by atoms with van der Waals surface area (Å²) in [6.07, 6.45) is -2.25. The van der Waals surface area contributed by atoms with Crippen molar-refractivity contribution >= 4 is 5.97 Å². The van der Waals surface area contributed by atoms with Gasteiger partial charge in [0.25, 0.3) is 0 Å². The lowest BCUT2D eigenvalue weighted by molar-refractivity contribution is -0.140. The Hall–Kier alpha value is -3.69. The second-order valence-electron chi connectivity index (χ2n) is 9.11. The van der Waals surface area contributed by atoms with E-state index < -0.39 is 31.0 Å². The molecule has 0 aliphatic heterocycles. The Bertz CT molecular complexity index is 1260. The molecule has 10 heteroatoms. The maximum atomic E-state index is 14.5. The van der Waals surface area contributed by atoms with Crippen molar-refractivity contribution in [3.8, 4) is 22.9 Å². The minimum Gasteiger partial charge on any atom is -0.487 e. The normalized spacial score (nSPS) is 14.3. The Balaban J connectivity index is 1.54. The van der Waals surface area contributed by atoms with E-state index in [-0.39, 0.29) is 41.8 Å². The molecule has 1 saturated carbocycles. The van der Waals surface area contributed by atoms with E-state index in [0.717, 1.165) is 24.0 Å². The molecule has 1 aliphatic carbocycles. The van der Waals surface area contributed by atoms with Gasteiger partial charge in [-0.05, 0) is 61.4 Å². The molecule has 0 saturated heterocycles. The molecule has 4 rings (SSSR count). The van der Waals surface area contributed by atoms with Crippen LogP contribution in [0.2, 0.25) is 0 Å². The monoisotopic (exact) mass is 518 g/mol. The molecule has 0 spiro atoms. The highest BCUT2D eigenvalue weighted by Crippen LogP contribution is 2.45. The second kappa shape index (κ2) is 11.1. The van der Waals surface area contributed by atoms with Gasteiger partial charge in [-0.1, -0.05) is 23.8 Å². The average Bonchev–Trinajstić information content (AvgIpc) is 3.68. The molecule has 0 amide bonds. The van der Waals surface area contributed by atoms with Gasteiger partial charge < -0.3 is 14.6 Å². The largest absolute Gasteiger partial charge is 0.487 e. The molecule has 6 nitrogen and oxygen atoms in total. The van der Waals surface area contributed by atoms with Crippen molar-refractivity contribution in [2.24, 2.45) is 5.92 Å². The number of hydrogen-bond acceptors (Lipinski definition) is 5. The summed E-state index contributed by atoms with van der Waals surface area (Å²) in [6.45, 7) is 0.980. The molecule has 1 N–H and O–H groups in total. The molecule has 3 aromatic rings. The average molecular weight is 519 g/mol. The lowest BCUT2D eigenvalue weighted by Gasteiger charge is -2.16. The number of carboxylic acids is 1. The van der Waals surface area contributed by atoms with Crippen molar-refractivity contribution in [3.63, 3.8) is 0 Å². The van der Waals surface area contributed by atoms with E-state index in [9.17, 15) is 27.5 Å². The van der Waals surface area contributed by atoms with E-state index in [1.54, 1.807) is 31.2 Å². The number of aliphatic carboxylic acids is 1. The molecule has 2 aromatic carbocycles. The van der Waals surface area contributed by atoms with Gasteiger partial charge in [0.2, 0.25) is 5.88 Å². The summed E-state index contributed by atoms with van der Waals surface area (Å²) in [5, 5.41) is 9.27. The summed E-state index contributed by atoms with van der Waals surface area (Å²) >= 11 is 0. The molecular weight excluding hydrogens is 492 g/mol. The first-order valence-corrected chi connectivity index (χ1v) is 11.9. The van der Waals surface area contributed by atoms with Crippen molar-refractivity contribution in [2.45, 2.75) is 51.3 Å². The van der Waals surface area contributed by atoms with E-state index in [2.05, 4.69) is 9.97 Å². The highest BCUT2D eigenvalue weighted by atomic mass is 19.4. The number of alkyl halides is 3. The summed E-state index contributed by atoms with van der Waals surface area (Å²) < 4.78 is 63.6. The summed E-state index contributed by atoms with van der Waals surface area (Å²) in [7, 11) is 0. The molecule has 1 aliphatic rings. The van der Waals surface area contributed by atoms with Crippen LogP contribution in [0.5, 0.6) is 11.6 Å². The Morgan fingerprint density at radius 1 is 1.16 bits per heavy atom. The Morgan fingerprint density at radius 3 is 2.65 bits per heavy atom. The Labute approximate surface area is 211 Å². The summed E-state index contributed by atoms with van der Waals surface area (Å²) in [5.41, 5.74) is 1.94. The lowest BCUT2D eigenvalue weighted by Crippen LogP contribution is -2.14. The minimum absolute atomic E-state index is 0.00457. The number of nitrogens with zero attached hydrogens (tertiary/aromatic N) is 2. The number of ether oxygens (including phenoxy) is 2. The van der Waals surface area contributed by atoms with Gasteiger partial charge in [0.1, 0.15) is 29.6 Å². The van der Waals surface area contributed by atoms with Gasteiger partial charge in [-0.15, -0.1) is 0 Å². The number of aryl methyl sites for hydroxylation is 1. The van der Waals surface area contributed by atoms with Gasteiger partial charge >= 0.3 is 12.1 Å². The molecule has 0 unspecified atom stereocenters. The van der Waals surface area contributed by atoms with E-state index in [1.165, 1.54) is 18.3 Å². The minimum atomic E-state index is -4.42. The fraction of sp³-hybridized carbons (Fsp3) is 0.370. The van der Waals surface area contributed by atoms with Crippen LogP contribution in [0.3, 0.4) is 0 Å². The van der Waals surface area contributed by atoms with Crippen molar-refractivity contribution in [1.29, 1.82) is 0 Å². The lowest BCUT2D eigenvalue weighted by atomic mass is 9.91. The smallest absolute Gasteiger partial charge is 0.392 e. The third-order valence-electron chi connectivity index (χ3n) is 6.05. The zero-order chi connectivity index (χ0) is 26.6. The van der Waals surface area contributed by atoms with Crippen LogP contribution >= 0.6 is 0 Å². The first kappa shape index (κ1) is 26.4. The standard InChI is InChI=1S/C27H26F4N2O4/c1-16-5-8-23(28)22(11-16)25-26(36-10-9-27(29,30)31)33-19(14-32-25)15-37-20-4-2-3-18(12-20)21(13-24(34)35)17-6-7-17/h2-5,8,11-12,14,17,21H,6-7,9-10,13,15H2,1H3,(H,34,35)/t21-/m0/s1. The van der Waals surface area contributed by atoms with Gasteiger partial charge in [0.15, 0.2) is 0 Å². The van der Waals surface area contributed by atoms with Crippen molar-refractivity contribution < 1.29 is 36.9 Å². The van der Waals surface area contributed by atoms with E-state index >= 15 is 0 Å². The second-order valence-corrected chi connectivity index (χ2v) is 9.11. The molecule has 0 bridgehead atoms. The molecule has 1 atom stereocenters. The predicted octanol–water partition coefficient (Wildman–Crippen LogP) is 6.47. The van der Waals surface area contributed by atoms with Crippen molar-refractivity contribution in [2.75, 3.05) is 6.61 Å². The fourth-order valence-corrected chi connectivity index (χ4v) is 4.08. The maximum absolute atomic E-state index is 14.5. The topological polar surface area (TPSA) is 81.5 Å². The predicted molar refractivity (Wildman–Crippen MR) is 127 cm³/mol. The van der Waals surface area contributed by atoms with Crippen LogP contribution in [0.25, 0.3) is 11.3 Å². The van der Waals surface area contributed by atoms with E-state index in [4.69, 9.17) is 9.47 Å².